The Labute approximate surface area is 162 Å². The molecule has 0 radical (unpaired) electrons. The molecule has 1 saturated carbocycles. The first-order valence-corrected chi connectivity index (χ1v) is 10.00. The minimum Gasteiger partial charge on any atom is -0.444 e. The third kappa shape index (κ3) is 4.36. The van der Waals surface area contributed by atoms with Gasteiger partial charge in [0, 0.05) is 22.9 Å². The first-order chi connectivity index (χ1) is 12.6. The molecule has 2 unspecified atom stereocenters. The fourth-order valence-electron chi connectivity index (χ4n) is 3.69. The van der Waals surface area contributed by atoms with Crippen LogP contribution < -0.4 is 11.1 Å². The Hall–Kier alpha value is -1.83. The molecule has 27 heavy (non-hydrogen) atoms. The van der Waals surface area contributed by atoms with E-state index in [1.807, 2.05) is 0 Å². The van der Waals surface area contributed by atoms with Crippen molar-refractivity contribution >= 4 is 28.7 Å². The molecule has 3 atom stereocenters. The molecule has 1 heterocycles. The van der Waals surface area contributed by atoms with Crippen LogP contribution in [0.2, 0.25) is 0 Å². The van der Waals surface area contributed by atoms with Gasteiger partial charge in [0.1, 0.15) is 17.6 Å². The van der Waals surface area contributed by atoms with E-state index in [4.69, 9.17) is 15.5 Å². The van der Waals surface area contributed by atoms with Gasteiger partial charge in [-0.3, -0.25) is 10.3 Å². The van der Waals surface area contributed by atoms with Crippen molar-refractivity contribution in [3.8, 4) is 0 Å². The van der Waals surface area contributed by atoms with Crippen LogP contribution >= 0.6 is 11.8 Å². The molecule has 1 aliphatic carbocycles. The molecule has 1 aromatic rings. The van der Waals surface area contributed by atoms with E-state index in [0.717, 1.165) is 0 Å². The third-order valence-corrected chi connectivity index (χ3v) is 5.88. The molecule has 2 aliphatic rings. The van der Waals surface area contributed by atoms with Crippen molar-refractivity contribution in [3.05, 3.63) is 29.6 Å². The Balaban J connectivity index is 1.97. The molecule has 8 heteroatoms. The first kappa shape index (κ1) is 19.9. The second-order valence-electron chi connectivity index (χ2n) is 8.09. The lowest BCUT2D eigenvalue weighted by Gasteiger charge is -2.45. The van der Waals surface area contributed by atoms with Crippen molar-refractivity contribution in [2.24, 2.45) is 10.9 Å². The summed E-state index contributed by atoms with van der Waals surface area (Å²) < 4.78 is 34.0. The highest BCUT2D eigenvalue weighted by Crippen LogP contribution is 2.50. The van der Waals surface area contributed by atoms with Gasteiger partial charge < -0.3 is 10.5 Å². The van der Waals surface area contributed by atoms with Crippen molar-refractivity contribution in [3.63, 3.8) is 0 Å². The van der Waals surface area contributed by atoms with Crippen LogP contribution in [0.25, 0.3) is 0 Å². The van der Waals surface area contributed by atoms with Gasteiger partial charge in [-0.1, -0.05) is 11.8 Å². The second kappa shape index (κ2) is 7.30. The SMILES string of the molecule is CC(C)(C)OC(=O)NC1=NC2(c3cc(N)ccc3F)CC[C@@H](F)CC2CS1. The zero-order chi connectivity index (χ0) is 19.8. The van der Waals surface area contributed by atoms with Crippen molar-refractivity contribution in [1.82, 2.24) is 5.32 Å². The van der Waals surface area contributed by atoms with Gasteiger partial charge in [-0.25, -0.2) is 13.6 Å². The molecular weight excluding hydrogens is 372 g/mol. The van der Waals surface area contributed by atoms with Gasteiger partial charge in [0.05, 0.1) is 5.54 Å². The molecule has 1 aliphatic heterocycles. The second-order valence-corrected chi connectivity index (χ2v) is 9.10. The molecular formula is C19H25F2N3O2S. The Kier molecular flexibility index (Phi) is 5.38. The fraction of sp³-hybridized carbons (Fsp3) is 0.579. The number of aliphatic imine (C=N–C) groups is 1. The van der Waals surface area contributed by atoms with Crippen LogP contribution in [0, 0.1) is 11.7 Å². The smallest absolute Gasteiger partial charge is 0.413 e. The fourth-order valence-corrected chi connectivity index (χ4v) is 4.85. The lowest BCUT2D eigenvalue weighted by molar-refractivity contribution is 0.0562. The van der Waals surface area contributed by atoms with E-state index >= 15 is 0 Å². The van der Waals surface area contributed by atoms with Crippen LogP contribution in [-0.4, -0.2) is 28.8 Å². The minimum absolute atomic E-state index is 0.174. The number of halogens is 2. The summed E-state index contributed by atoms with van der Waals surface area (Å²) in [6.45, 7) is 5.31. The van der Waals surface area contributed by atoms with E-state index in [1.165, 1.54) is 23.9 Å². The Morgan fingerprint density at radius 3 is 2.89 bits per heavy atom. The van der Waals surface area contributed by atoms with E-state index in [0.29, 0.717) is 41.4 Å². The number of amides is 1. The van der Waals surface area contributed by atoms with Gasteiger partial charge in [0.15, 0.2) is 5.17 Å². The highest BCUT2D eigenvalue weighted by atomic mass is 32.2. The predicted molar refractivity (Wildman–Crippen MR) is 104 cm³/mol. The number of nitrogens with two attached hydrogens (primary N) is 1. The normalized spacial score (nSPS) is 28.1. The molecule has 3 rings (SSSR count). The lowest BCUT2D eigenvalue weighted by Crippen LogP contribution is -2.47. The predicted octanol–water partition coefficient (Wildman–Crippen LogP) is 4.37. The average Bonchev–Trinajstić information content (AvgIpc) is 2.55. The number of benzene rings is 1. The summed E-state index contributed by atoms with van der Waals surface area (Å²) >= 11 is 1.33. The zero-order valence-corrected chi connectivity index (χ0v) is 16.5. The van der Waals surface area contributed by atoms with Gasteiger partial charge in [0.2, 0.25) is 0 Å². The number of hydrogen-bond donors (Lipinski definition) is 2. The number of anilines is 1. The topological polar surface area (TPSA) is 76.7 Å². The largest absolute Gasteiger partial charge is 0.444 e. The van der Waals surface area contributed by atoms with Crippen molar-refractivity contribution in [2.75, 3.05) is 11.5 Å². The summed E-state index contributed by atoms with van der Waals surface area (Å²) in [5.41, 5.74) is 5.10. The number of nitrogen functional groups attached to an aromatic ring is 1. The maximum Gasteiger partial charge on any atom is 0.413 e. The number of nitrogens with zero attached hydrogens (tertiary/aromatic N) is 1. The van der Waals surface area contributed by atoms with Gasteiger partial charge in [0.25, 0.3) is 0 Å². The quantitative estimate of drug-likeness (QED) is 0.690. The van der Waals surface area contributed by atoms with Gasteiger partial charge in [-0.05, 0) is 58.2 Å². The highest BCUT2D eigenvalue weighted by molar-refractivity contribution is 8.13. The molecule has 1 aromatic carbocycles. The average molecular weight is 397 g/mol. The van der Waals surface area contributed by atoms with Gasteiger partial charge in [-0.2, -0.15) is 0 Å². The molecule has 1 amide bonds. The Morgan fingerprint density at radius 1 is 1.44 bits per heavy atom. The summed E-state index contributed by atoms with van der Waals surface area (Å²) in [4.78, 5) is 16.8. The van der Waals surface area contributed by atoms with Crippen LogP contribution in [0.5, 0.6) is 0 Å². The van der Waals surface area contributed by atoms with Gasteiger partial charge >= 0.3 is 6.09 Å². The molecule has 0 aromatic heterocycles. The molecule has 0 saturated heterocycles. The number of hydrogen-bond acceptors (Lipinski definition) is 5. The number of thioether (sulfide) groups is 1. The third-order valence-electron chi connectivity index (χ3n) is 4.84. The van der Waals surface area contributed by atoms with Crippen LogP contribution in [0.15, 0.2) is 23.2 Å². The number of alkyl carbamates (subject to hydrolysis) is 1. The Morgan fingerprint density at radius 2 is 2.19 bits per heavy atom. The van der Waals surface area contributed by atoms with Crippen molar-refractivity contribution in [1.29, 1.82) is 0 Å². The number of ether oxygens (including phenoxy) is 1. The number of alkyl halides is 1. The number of nitrogens with one attached hydrogen (secondary N) is 1. The summed E-state index contributed by atoms with van der Waals surface area (Å²) in [5.74, 6) is -0.0611. The van der Waals surface area contributed by atoms with E-state index < -0.39 is 29.2 Å². The number of carbonyl (C=O) groups excluding carboxylic acids is 1. The summed E-state index contributed by atoms with van der Waals surface area (Å²) in [6, 6.07) is 4.38. The van der Waals surface area contributed by atoms with E-state index in [1.54, 1.807) is 26.8 Å². The van der Waals surface area contributed by atoms with Crippen molar-refractivity contribution < 1.29 is 18.3 Å². The van der Waals surface area contributed by atoms with E-state index in [-0.39, 0.29) is 5.92 Å². The van der Waals surface area contributed by atoms with Crippen LogP contribution in [0.1, 0.15) is 45.6 Å². The molecule has 148 valence electrons. The molecule has 0 spiro atoms. The minimum atomic E-state index is -0.933. The molecule has 1 fully saturated rings. The number of amidine groups is 1. The standard InChI is InChI=1S/C19H25F2N3O2S/c1-18(2,3)26-17(25)23-16-24-19(14-9-13(22)4-5-15(14)21)7-6-12(20)8-11(19)10-27-16/h4-5,9,11-12H,6-8,10,22H2,1-3H3,(H,23,24,25)/t11?,12-,19?/m1/s1. The number of fused-ring (bicyclic) bond motifs is 1. The van der Waals surface area contributed by atoms with Gasteiger partial charge in [-0.15, -0.1) is 0 Å². The van der Waals surface area contributed by atoms with E-state index in [9.17, 15) is 13.6 Å². The monoisotopic (exact) mass is 397 g/mol. The van der Waals surface area contributed by atoms with Crippen molar-refractivity contribution in [2.45, 2.75) is 57.3 Å². The number of carbonyl (C=O) groups is 1. The lowest BCUT2D eigenvalue weighted by atomic mass is 9.69. The Bertz CT molecular complexity index is 766. The summed E-state index contributed by atoms with van der Waals surface area (Å²) in [5, 5.41) is 3.01. The first-order valence-electron chi connectivity index (χ1n) is 9.01. The van der Waals surface area contributed by atoms with Crippen LogP contribution in [0.3, 0.4) is 0 Å². The highest BCUT2D eigenvalue weighted by Gasteiger charge is 2.49. The zero-order valence-electron chi connectivity index (χ0n) is 15.7. The summed E-state index contributed by atoms with van der Waals surface area (Å²) in [6.07, 6.45) is -0.583. The maximum absolute atomic E-state index is 14.7. The molecule has 3 N–H and O–H groups in total. The van der Waals surface area contributed by atoms with E-state index in [2.05, 4.69) is 5.32 Å². The molecule has 0 bridgehead atoms. The van der Waals surface area contributed by atoms with Crippen LogP contribution in [-0.2, 0) is 10.3 Å². The summed E-state index contributed by atoms with van der Waals surface area (Å²) in [7, 11) is 0. The maximum atomic E-state index is 14.7. The molecule has 5 nitrogen and oxygen atoms in total. The van der Waals surface area contributed by atoms with Crippen LogP contribution in [0.4, 0.5) is 19.3 Å². The number of rotatable bonds is 1.